The molecule has 0 aromatic carbocycles. The van der Waals surface area contributed by atoms with Gasteiger partial charge in [0.05, 0.1) is 12.2 Å². The summed E-state index contributed by atoms with van der Waals surface area (Å²) in [5.74, 6) is 2.35. The number of nitrogens with zero attached hydrogens (tertiary/aromatic N) is 2. The lowest BCUT2D eigenvalue weighted by molar-refractivity contribution is 0.128. The van der Waals surface area contributed by atoms with Crippen molar-refractivity contribution in [3.63, 3.8) is 0 Å². The molecule has 0 amide bonds. The molecule has 0 spiro atoms. The number of nitrogens with one attached hydrogen (secondary N) is 2. The summed E-state index contributed by atoms with van der Waals surface area (Å²) < 4.78 is 11.0. The molecule has 1 saturated carbocycles. The maximum absolute atomic E-state index is 5.56. The number of aryl methyl sites for hydroxylation is 2. The number of halogens is 1. The fourth-order valence-corrected chi connectivity index (χ4v) is 2.39. The Labute approximate surface area is 155 Å². The lowest BCUT2D eigenvalue weighted by Gasteiger charge is -2.18. The molecule has 1 aliphatic carbocycles. The normalized spacial score (nSPS) is 15.9. The van der Waals surface area contributed by atoms with Gasteiger partial charge in [0, 0.05) is 26.8 Å². The third-order valence-corrected chi connectivity index (χ3v) is 4.27. The maximum Gasteiger partial charge on any atom is 0.214 e. The van der Waals surface area contributed by atoms with Crippen molar-refractivity contribution in [1.82, 2.24) is 15.6 Å². The lowest BCUT2D eigenvalue weighted by atomic mass is 10.0. The van der Waals surface area contributed by atoms with Crippen LogP contribution in [0.1, 0.15) is 43.5 Å². The van der Waals surface area contributed by atoms with Gasteiger partial charge in [0.2, 0.25) is 5.89 Å². The van der Waals surface area contributed by atoms with Crippen LogP contribution in [-0.4, -0.2) is 37.7 Å². The van der Waals surface area contributed by atoms with Gasteiger partial charge in [-0.05, 0) is 45.4 Å². The first kappa shape index (κ1) is 20.2. The standard InChI is InChI=1S/C16H28N4O2.HI/c1-5-21-9-8-16(6-7-16)11-19-15(17-4)18-10-14-20-12(2)13(3)22-14;/h5-11H2,1-4H3,(H2,17,18,19);1H. The Hall–Kier alpha value is -0.830. The smallest absolute Gasteiger partial charge is 0.214 e. The number of hydrogen-bond donors (Lipinski definition) is 2. The Morgan fingerprint density at radius 2 is 2.09 bits per heavy atom. The molecule has 23 heavy (non-hydrogen) atoms. The van der Waals surface area contributed by atoms with Crippen molar-refractivity contribution < 1.29 is 9.15 Å². The number of aliphatic imine (C=N–C) groups is 1. The van der Waals surface area contributed by atoms with Gasteiger partial charge >= 0.3 is 0 Å². The Balaban J connectivity index is 0.00000264. The topological polar surface area (TPSA) is 71.7 Å². The van der Waals surface area contributed by atoms with Crippen molar-refractivity contribution in [2.45, 2.75) is 46.6 Å². The highest BCUT2D eigenvalue weighted by atomic mass is 127. The second-order valence-electron chi connectivity index (χ2n) is 5.98. The number of aromatic nitrogens is 1. The molecule has 0 radical (unpaired) electrons. The molecule has 1 heterocycles. The van der Waals surface area contributed by atoms with E-state index in [9.17, 15) is 0 Å². The van der Waals surface area contributed by atoms with Gasteiger partial charge in [-0.25, -0.2) is 4.98 Å². The van der Waals surface area contributed by atoms with Crippen LogP contribution in [0.4, 0.5) is 0 Å². The highest BCUT2D eigenvalue weighted by Crippen LogP contribution is 2.48. The summed E-state index contributed by atoms with van der Waals surface area (Å²) in [5.41, 5.74) is 1.33. The van der Waals surface area contributed by atoms with Crippen molar-refractivity contribution in [3.8, 4) is 0 Å². The Morgan fingerprint density at radius 1 is 1.35 bits per heavy atom. The lowest BCUT2D eigenvalue weighted by Crippen LogP contribution is -2.40. The van der Waals surface area contributed by atoms with Crippen molar-refractivity contribution >= 4 is 29.9 Å². The monoisotopic (exact) mass is 436 g/mol. The molecule has 1 aliphatic rings. The van der Waals surface area contributed by atoms with Crippen molar-refractivity contribution in [3.05, 3.63) is 17.3 Å². The SMILES string of the molecule is CCOCCC1(CNC(=NC)NCc2nc(C)c(C)o2)CC1.I. The van der Waals surface area contributed by atoms with Crippen molar-refractivity contribution in [2.24, 2.45) is 10.4 Å². The quantitative estimate of drug-likeness (QED) is 0.284. The first-order chi connectivity index (χ1) is 10.6. The first-order valence-corrected chi connectivity index (χ1v) is 8.04. The summed E-state index contributed by atoms with van der Waals surface area (Å²) >= 11 is 0. The van der Waals surface area contributed by atoms with E-state index in [2.05, 4.69) is 20.6 Å². The van der Waals surface area contributed by atoms with Crippen LogP contribution in [-0.2, 0) is 11.3 Å². The van der Waals surface area contributed by atoms with Gasteiger partial charge < -0.3 is 19.8 Å². The summed E-state index contributed by atoms with van der Waals surface area (Å²) in [6.07, 6.45) is 3.65. The molecular weight excluding hydrogens is 407 g/mol. The molecule has 1 aromatic rings. The van der Waals surface area contributed by atoms with Crippen LogP contribution in [0.15, 0.2) is 9.41 Å². The van der Waals surface area contributed by atoms with E-state index in [-0.39, 0.29) is 24.0 Å². The van der Waals surface area contributed by atoms with E-state index < -0.39 is 0 Å². The average molecular weight is 436 g/mol. The summed E-state index contributed by atoms with van der Waals surface area (Å²) in [6.45, 7) is 9.03. The fourth-order valence-electron chi connectivity index (χ4n) is 2.39. The molecule has 7 heteroatoms. The molecule has 6 nitrogen and oxygen atoms in total. The van der Waals surface area contributed by atoms with Crippen molar-refractivity contribution in [2.75, 3.05) is 26.8 Å². The van der Waals surface area contributed by atoms with E-state index in [0.29, 0.717) is 17.9 Å². The second kappa shape index (κ2) is 9.46. The van der Waals surface area contributed by atoms with E-state index in [1.807, 2.05) is 20.8 Å². The molecule has 132 valence electrons. The van der Waals surface area contributed by atoms with Gasteiger partial charge in [-0.3, -0.25) is 4.99 Å². The average Bonchev–Trinajstić information content (AvgIpc) is 3.20. The van der Waals surface area contributed by atoms with E-state index in [0.717, 1.165) is 43.6 Å². The number of ether oxygens (including phenoxy) is 1. The molecule has 1 aromatic heterocycles. The molecule has 0 bridgehead atoms. The van der Waals surface area contributed by atoms with Crippen LogP contribution in [0.2, 0.25) is 0 Å². The Kier molecular flexibility index (Phi) is 8.32. The van der Waals surface area contributed by atoms with Crippen LogP contribution >= 0.6 is 24.0 Å². The molecule has 1 fully saturated rings. The van der Waals surface area contributed by atoms with Gasteiger partial charge in [-0.2, -0.15) is 0 Å². The maximum atomic E-state index is 5.56. The van der Waals surface area contributed by atoms with Crippen LogP contribution in [0.25, 0.3) is 0 Å². The summed E-state index contributed by atoms with van der Waals surface area (Å²) in [5, 5.41) is 6.65. The number of guanidine groups is 1. The van der Waals surface area contributed by atoms with E-state index in [1.165, 1.54) is 12.8 Å². The zero-order valence-electron chi connectivity index (χ0n) is 14.6. The minimum absolute atomic E-state index is 0. The predicted molar refractivity (Wildman–Crippen MR) is 102 cm³/mol. The number of oxazole rings is 1. The second-order valence-corrected chi connectivity index (χ2v) is 5.98. The minimum atomic E-state index is 0. The molecule has 0 unspecified atom stereocenters. The van der Waals surface area contributed by atoms with E-state index >= 15 is 0 Å². The number of hydrogen-bond acceptors (Lipinski definition) is 4. The molecular formula is C16H29IN4O2. The Bertz CT molecular complexity index is 493. The summed E-state index contributed by atoms with van der Waals surface area (Å²) in [4.78, 5) is 8.61. The summed E-state index contributed by atoms with van der Waals surface area (Å²) in [6, 6.07) is 0. The van der Waals surface area contributed by atoms with Gasteiger partial charge in [0.1, 0.15) is 5.76 Å². The zero-order chi connectivity index (χ0) is 16.0. The molecule has 2 rings (SSSR count). The Morgan fingerprint density at radius 3 is 2.61 bits per heavy atom. The van der Waals surface area contributed by atoms with Gasteiger partial charge in [0.15, 0.2) is 5.96 Å². The van der Waals surface area contributed by atoms with E-state index in [1.54, 1.807) is 7.05 Å². The van der Waals surface area contributed by atoms with Crippen LogP contribution < -0.4 is 10.6 Å². The highest BCUT2D eigenvalue weighted by molar-refractivity contribution is 14.0. The van der Waals surface area contributed by atoms with Crippen LogP contribution in [0, 0.1) is 19.3 Å². The first-order valence-electron chi connectivity index (χ1n) is 8.04. The van der Waals surface area contributed by atoms with Gasteiger partial charge in [-0.15, -0.1) is 24.0 Å². The minimum Gasteiger partial charge on any atom is -0.444 e. The highest BCUT2D eigenvalue weighted by Gasteiger charge is 2.41. The van der Waals surface area contributed by atoms with Crippen LogP contribution in [0.5, 0.6) is 0 Å². The molecule has 0 atom stereocenters. The van der Waals surface area contributed by atoms with Crippen molar-refractivity contribution in [1.29, 1.82) is 0 Å². The van der Waals surface area contributed by atoms with Crippen LogP contribution in [0.3, 0.4) is 0 Å². The van der Waals surface area contributed by atoms with Gasteiger partial charge in [0.25, 0.3) is 0 Å². The molecule has 0 aliphatic heterocycles. The third-order valence-electron chi connectivity index (χ3n) is 4.27. The number of rotatable bonds is 8. The third kappa shape index (κ3) is 6.29. The largest absolute Gasteiger partial charge is 0.444 e. The predicted octanol–water partition coefficient (Wildman–Crippen LogP) is 2.78. The summed E-state index contributed by atoms with van der Waals surface area (Å²) in [7, 11) is 1.78. The fraction of sp³-hybridized carbons (Fsp3) is 0.750. The van der Waals surface area contributed by atoms with Gasteiger partial charge in [-0.1, -0.05) is 0 Å². The molecule has 2 N–H and O–H groups in total. The van der Waals surface area contributed by atoms with E-state index in [4.69, 9.17) is 9.15 Å². The molecule has 0 saturated heterocycles. The zero-order valence-corrected chi connectivity index (χ0v) is 16.9.